The van der Waals surface area contributed by atoms with E-state index in [2.05, 4.69) is 4.98 Å². The highest BCUT2D eigenvalue weighted by Crippen LogP contribution is 2.17. The number of aromatic amines is 1. The average Bonchev–Trinajstić information content (AvgIpc) is 3.26. The van der Waals surface area contributed by atoms with Gasteiger partial charge < -0.3 is 21.2 Å². The summed E-state index contributed by atoms with van der Waals surface area (Å²) in [6.45, 7) is 1.59. The van der Waals surface area contributed by atoms with Crippen molar-refractivity contribution in [2.24, 2.45) is 5.73 Å². The highest BCUT2D eigenvalue weighted by atomic mass is 19.1. The Kier molecular flexibility index (Phi) is 8.20. The second kappa shape index (κ2) is 11.0. The highest BCUT2D eigenvalue weighted by Gasteiger charge is 2.04. The summed E-state index contributed by atoms with van der Waals surface area (Å²) in [6, 6.07) is 17.0. The molecular weight excluding hydrogens is 414 g/mol. The second-order valence-corrected chi connectivity index (χ2v) is 6.53. The highest BCUT2D eigenvalue weighted by molar-refractivity contribution is 5.97. The van der Waals surface area contributed by atoms with Gasteiger partial charge in [0.1, 0.15) is 23.5 Å². The molecule has 0 radical (unpaired) electrons. The first-order valence-electron chi connectivity index (χ1n) is 9.28. The number of phenolic OH excluding ortho intramolecular Hbond substituents is 1. The van der Waals surface area contributed by atoms with Crippen LogP contribution >= 0.6 is 0 Å². The van der Waals surface area contributed by atoms with Gasteiger partial charge in [0, 0.05) is 40.5 Å². The summed E-state index contributed by atoms with van der Waals surface area (Å²) in [5.41, 5.74) is 7.74. The van der Waals surface area contributed by atoms with Gasteiger partial charge in [0.15, 0.2) is 0 Å². The Hall–Kier alpha value is -4.51. The van der Waals surface area contributed by atoms with Gasteiger partial charge >= 0.3 is 0 Å². The normalized spacial score (nSPS) is 9.56. The largest absolute Gasteiger partial charge is 0.507 e. The number of nitrogens with one attached hydrogen (secondary N) is 2. The summed E-state index contributed by atoms with van der Waals surface area (Å²) < 4.78 is 24.4. The molecule has 1 aromatic heterocycles. The fourth-order valence-electron chi connectivity index (χ4n) is 2.58. The minimum absolute atomic E-state index is 0.0475. The van der Waals surface area contributed by atoms with Crippen LogP contribution in [0.25, 0.3) is 10.9 Å². The molecule has 0 saturated heterocycles. The van der Waals surface area contributed by atoms with Crippen molar-refractivity contribution in [1.82, 2.24) is 4.98 Å². The van der Waals surface area contributed by atoms with E-state index in [0.29, 0.717) is 5.56 Å². The zero-order chi connectivity index (χ0) is 23.7. The summed E-state index contributed by atoms with van der Waals surface area (Å²) >= 11 is 0. The molecule has 5 N–H and O–H groups in total. The van der Waals surface area contributed by atoms with Crippen LogP contribution in [0.2, 0.25) is 0 Å². The van der Waals surface area contributed by atoms with Crippen LogP contribution in [0.5, 0.6) is 5.75 Å². The summed E-state index contributed by atoms with van der Waals surface area (Å²) in [7, 11) is 0. The molecule has 8 heteroatoms. The smallest absolute Gasteiger partial charge is 0.248 e. The summed E-state index contributed by atoms with van der Waals surface area (Å²) in [5.74, 6) is -1.79. The maximum atomic E-state index is 12.3. The minimum atomic E-state index is -0.619. The third-order valence-electron chi connectivity index (χ3n) is 4.32. The Balaban J connectivity index is 0.000000172. The number of amides is 1. The topological polar surface area (TPSA) is 127 Å². The number of nitriles is 1. The summed E-state index contributed by atoms with van der Waals surface area (Å²) in [6.07, 6.45) is 3.26. The van der Waals surface area contributed by atoms with E-state index < -0.39 is 17.5 Å². The number of halogens is 2. The Bertz CT molecular complexity index is 1290. The lowest BCUT2D eigenvalue weighted by Crippen LogP contribution is -2.10. The lowest BCUT2D eigenvalue weighted by molar-refractivity contribution is 0.1000. The lowest BCUT2D eigenvalue weighted by Gasteiger charge is -1.97. The SMILES string of the molecule is Cc1ccc(F)cc1F.N#Cc1cc(C(N)=O)ccc1O.N=Cc1cccc2[nH]ccc12. The number of carbonyl (C=O) groups excluding carboxylic acids is 1. The van der Waals surface area contributed by atoms with Crippen LogP contribution in [0, 0.1) is 35.3 Å². The number of fused-ring (bicyclic) bond motifs is 1. The van der Waals surface area contributed by atoms with Crippen LogP contribution in [0.15, 0.2) is 66.9 Å². The number of hydrogen-bond donors (Lipinski definition) is 4. The molecule has 0 atom stereocenters. The molecule has 1 amide bonds. The van der Waals surface area contributed by atoms with Crippen LogP contribution in [0.3, 0.4) is 0 Å². The van der Waals surface area contributed by atoms with Crippen LogP contribution in [-0.2, 0) is 0 Å². The molecule has 4 aromatic rings. The van der Waals surface area contributed by atoms with Crippen molar-refractivity contribution in [3.8, 4) is 11.8 Å². The molecule has 0 spiro atoms. The fraction of sp³-hybridized carbons (Fsp3) is 0.0417. The van der Waals surface area contributed by atoms with E-state index in [0.717, 1.165) is 22.5 Å². The van der Waals surface area contributed by atoms with Gasteiger partial charge in [-0.25, -0.2) is 8.78 Å². The standard InChI is InChI=1S/C9H8N2.C8H6N2O2.C7H6F2/c10-6-7-2-1-3-9-8(7)4-5-11-9;9-4-6-3-5(8(10)12)1-2-7(6)11;1-5-2-3-6(8)4-7(5)9/h1-6,10-11H;1-3,11H,(H2,10,12);2-4H,1H3. The van der Waals surface area contributed by atoms with E-state index in [1.807, 2.05) is 30.5 Å². The zero-order valence-corrected chi connectivity index (χ0v) is 17.1. The maximum Gasteiger partial charge on any atom is 0.248 e. The number of primary amides is 1. The van der Waals surface area contributed by atoms with E-state index in [-0.39, 0.29) is 16.9 Å². The van der Waals surface area contributed by atoms with Crippen molar-refractivity contribution < 1.29 is 18.7 Å². The monoisotopic (exact) mass is 434 g/mol. The van der Waals surface area contributed by atoms with Gasteiger partial charge in [0.25, 0.3) is 0 Å². The molecule has 1 heterocycles. The molecule has 0 saturated carbocycles. The number of rotatable bonds is 2. The first-order valence-corrected chi connectivity index (χ1v) is 9.28. The predicted molar refractivity (Wildman–Crippen MR) is 119 cm³/mol. The lowest BCUT2D eigenvalue weighted by atomic mass is 10.1. The summed E-state index contributed by atoms with van der Waals surface area (Å²) in [4.78, 5) is 13.7. The van der Waals surface area contributed by atoms with Crippen LogP contribution in [0.1, 0.15) is 27.0 Å². The van der Waals surface area contributed by atoms with E-state index >= 15 is 0 Å². The van der Waals surface area contributed by atoms with E-state index in [4.69, 9.17) is 21.5 Å². The molecule has 0 unspecified atom stereocenters. The van der Waals surface area contributed by atoms with Gasteiger partial charge in [-0.2, -0.15) is 5.26 Å². The molecular formula is C24H20F2N4O2. The Labute approximate surface area is 183 Å². The van der Waals surface area contributed by atoms with Gasteiger partial charge in [-0.1, -0.05) is 18.2 Å². The van der Waals surface area contributed by atoms with E-state index in [1.165, 1.54) is 36.5 Å². The molecule has 3 aromatic carbocycles. The molecule has 32 heavy (non-hydrogen) atoms. The number of carbonyl (C=O) groups is 1. The van der Waals surface area contributed by atoms with Gasteiger partial charge in [0.05, 0.1) is 5.56 Å². The van der Waals surface area contributed by atoms with Crippen molar-refractivity contribution >= 4 is 23.0 Å². The zero-order valence-electron chi connectivity index (χ0n) is 17.1. The molecule has 0 fully saturated rings. The van der Waals surface area contributed by atoms with Crippen LogP contribution in [0.4, 0.5) is 8.78 Å². The number of benzene rings is 3. The molecule has 0 bridgehead atoms. The van der Waals surface area contributed by atoms with Gasteiger partial charge in [-0.05, 0) is 48.9 Å². The molecule has 4 rings (SSSR count). The number of aromatic hydroxyl groups is 1. The Morgan fingerprint density at radius 1 is 1.16 bits per heavy atom. The van der Waals surface area contributed by atoms with Crippen LogP contribution in [-0.4, -0.2) is 22.2 Å². The molecule has 0 aliphatic heterocycles. The second-order valence-electron chi connectivity index (χ2n) is 6.53. The van der Waals surface area contributed by atoms with Crippen molar-refractivity contribution in [2.45, 2.75) is 6.92 Å². The van der Waals surface area contributed by atoms with Crippen molar-refractivity contribution in [3.05, 3.63) is 101 Å². The number of H-pyrrole nitrogens is 1. The van der Waals surface area contributed by atoms with Crippen molar-refractivity contribution in [3.63, 3.8) is 0 Å². The Morgan fingerprint density at radius 3 is 2.50 bits per heavy atom. The van der Waals surface area contributed by atoms with Crippen molar-refractivity contribution in [1.29, 1.82) is 10.7 Å². The molecule has 0 aliphatic carbocycles. The third kappa shape index (κ3) is 6.24. The number of aromatic nitrogens is 1. The van der Waals surface area contributed by atoms with E-state index in [9.17, 15) is 13.6 Å². The van der Waals surface area contributed by atoms with Crippen molar-refractivity contribution in [2.75, 3.05) is 0 Å². The van der Waals surface area contributed by atoms with E-state index in [1.54, 1.807) is 13.0 Å². The number of hydrogen-bond acceptors (Lipinski definition) is 4. The summed E-state index contributed by atoms with van der Waals surface area (Å²) in [5, 5.41) is 25.7. The number of phenols is 1. The first kappa shape index (κ1) is 23.8. The molecule has 162 valence electrons. The fourth-order valence-corrected chi connectivity index (χ4v) is 2.58. The van der Waals surface area contributed by atoms with Gasteiger partial charge in [-0.3, -0.25) is 4.79 Å². The third-order valence-corrected chi connectivity index (χ3v) is 4.32. The average molecular weight is 434 g/mol. The number of nitrogens with two attached hydrogens (primary N) is 1. The minimum Gasteiger partial charge on any atom is -0.507 e. The van der Waals surface area contributed by atoms with Gasteiger partial charge in [-0.15, -0.1) is 0 Å². The maximum absolute atomic E-state index is 12.3. The quantitative estimate of drug-likeness (QED) is 0.338. The Morgan fingerprint density at radius 2 is 1.91 bits per heavy atom. The first-order chi connectivity index (χ1) is 15.3. The molecule has 0 aliphatic rings. The number of nitrogens with zero attached hydrogens (tertiary/aromatic N) is 1. The van der Waals surface area contributed by atoms with Gasteiger partial charge in [0.2, 0.25) is 5.91 Å². The predicted octanol–water partition coefficient (Wildman–Crippen LogP) is 4.80. The van der Waals surface area contributed by atoms with Crippen LogP contribution < -0.4 is 5.73 Å². The number of aryl methyl sites for hydroxylation is 1. The molecule has 6 nitrogen and oxygen atoms in total.